The lowest BCUT2D eigenvalue weighted by atomic mass is 9.99. The first-order valence-corrected chi connectivity index (χ1v) is 8.80. The molecular weight excluding hydrogens is 320 g/mol. The lowest BCUT2D eigenvalue weighted by Gasteiger charge is -2.19. The van der Waals surface area contributed by atoms with Crippen LogP contribution >= 0.6 is 0 Å². The molecule has 0 aliphatic rings. The van der Waals surface area contributed by atoms with Gasteiger partial charge in [0.05, 0.1) is 0 Å². The van der Waals surface area contributed by atoms with Crippen LogP contribution in [0.5, 0.6) is 0 Å². The smallest absolute Gasteiger partial charge is 0.251 e. The predicted octanol–water partition coefficient (Wildman–Crippen LogP) is 4.35. The first-order valence-electron chi connectivity index (χ1n) is 8.80. The van der Waals surface area contributed by atoms with E-state index in [1.54, 1.807) is 7.05 Å². The molecule has 1 amide bonds. The molecule has 0 aliphatic carbocycles. The first-order chi connectivity index (χ1) is 12.7. The van der Waals surface area contributed by atoms with Crippen molar-refractivity contribution in [3.05, 3.63) is 95.6 Å². The number of carbonyl (C=O) groups excluding carboxylic acids is 1. The Labute approximate surface area is 155 Å². The summed E-state index contributed by atoms with van der Waals surface area (Å²) in [7, 11) is 3.77. The largest absolute Gasteiger partial charge is 0.355 e. The number of benzene rings is 3. The van der Waals surface area contributed by atoms with Gasteiger partial charge in [-0.1, -0.05) is 66.7 Å². The number of nitrogens with zero attached hydrogens (tertiary/aromatic N) is 1. The monoisotopic (exact) mass is 344 g/mol. The van der Waals surface area contributed by atoms with Gasteiger partial charge in [-0.15, -0.1) is 0 Å². The number of rotatable bonds is 6. The fraction of sp³-hybridized carbons (Fsp3) is 0.174. The second kappa shape index (κ2) is 8.45. The number of carbonyl (C=O) groups is 1. The van der Waals surface area contributed by atoms with Crippen molar-refractivity contribution in [3.8, 4) is 11.1 Å². The highest BCUT2D eigenvalue weighted by Crippen LogP contribution is 2.24. The zero-order valence-corrected chi connectivity index (χ0v) is 15.3. The van der Waals surface area contributed by atoms with E-state index in [9.17, 15) is 4.79 Å². The van der Waals surface area contributed by atoms with Gasteiger partial charge in [-0.05, 0) is 41.4 Å². The molecule has 0 saturated carbocycles. The van der Waals surface area contributed by atoms with Crippen molar-refractivity contribution in [2.45, 2.75) is 13.1 Å². The van der Waals surface area contributed by atoms with Crippen LogP contribution in [-0.2, 0) is 13.1 Å². The molecule has 3 nitrogen and oxygen atoms in total. The van der Waals surface area contributed by atoms with E-state index in [0.29, 0.717) is 5.56 Å². The van der Waals surface area contributed by atoms with Crippen molar-refractivity contribution in [1.82, 2.24) is 10.2 Å². The van der Waals surface area contributed by atoms with Crippen LogP contribution in [0.25, 0.3) is 11.1 Å². The van der Waals surface area contributed by atoms with Gasteiger partial charge in [0.1, 0.15) is 0 Å². The summed E-state index contributed by atoms with van der Waals surface area (Å²) in [6.07, 6.45) is 0. The highest BCUT2D eigenvalue weighted by Gasteiger charge is 2.08. The highest BCUT2D eigenvalue weighted by atomic mass is 16.1. The van der Waals surface area contributed by atoms with Crippen molar-refractivity contribution in [2.75, 3.05) is 14.1 Å². The topological polar surface area (TPSA) is 32.3 Å². The second-order valence-electron chi connectivity index (χ2n) is 6.47. The number of amides is 1. The van der Waals surface area contributed by atoms with Gasteiger partial charge in [-0.3, -0.25) is 9.69 Å². The van der Waals surface area contributed by atoms with Crippen molar-refractivity contribution >= 4 is 5.91 Å². The van der Waals surface area contributed by atoms with Crippen LogP contribution < -0.4 is 5.32 Å². The molecule has 0 unspecified atom stereocenters. The Bertz CT molecular complexity index is 857. The summed E-state index contributed by atoms with van der Waals surface area (Å²) in [5.74, 6) is -0.0540. The first kappa shape index (κ1) is 17.9. The van der Waals surface area contributed by atoms with Crippen LogP contribution in [0, 0.1) is 0 Å². The third-order valence-electron chi connectivity index (χ3n) is 4.44. The summed E-state index contributed by atoms with van der Waals surface area (Å²) in [5.41, 5.74) is 5.70. The Morgan fingerprint density at radius 2 is 1.50 bits per heavy atom. The second-order valence-corrected chi connectivity index (χ2v) is 6.47. The van der Waals surface area contributed by atoms with Crippen LogP contribution in [0.3, 0.4) is 0 Å². The fourth-order valence-electron chi connectivity index (χ4n) is 3.12. The van der Waals surface area contributed by atoms with Crippen LogP contribution in [-0.4, -0.2) is 24.9 Å². The molecule has 3 rings (SSSR count). The summed E-state index contributed by atoms with van der Waals surface area (Å²) in [4.78, 5) is 13.9. The van der Waals surface area contributed by atoms with Crippen LogP contribution in [0.2, 0.25) is 0 Å². The van der Waals surface area contributed by atoms with Gasteiger partial charge in [-0.2, -0.15) is 0 Å². The van der Waals surface area contributed by atoms with E-state index in [4.69, 9.17) is 0 Å². The van der Waals surface area contributed by atoms with Crippen LogP contribution in [0.15, 0.2) is 78.9 Å². The number of hydrogen-bond acceptors (Lipinski definition) is 2. The highest BCUT2D eigenvalue weighted by molar-refractivity contribution is 5.93. The quantitative estimate of drug-likeness (QED) is 0.721. The maximum atomic E-state index is 11.6. The standard InChI is InChI=1S/C23H24N2O/c1-24-23(26)20-14-12-18(13-15-20)16-25(2)17-21-10-6-7-11-22(21)19-8-4-3-5-9-19/h3-15H,16-17H2,1-2H3,(H,24,26). The van der Waals surface area contributed by atoms with E-state index in [1.165, 1.54) is 22.3 Å². The van der Waals surface area contributed by atoms with Gasteiger partial charge in [0, 0.05) is 25.7 Å². The third kappa shape index (κ3) is 4.38. The summed E-state index contributed by atoms with van der Waals surface area (Å²) >= 11 is 0. The zero-order chi connectivity index (χ0) is 18.4. The minimum Gasteiger partial charge on any atom is -0.355 e. The van der Waals surface area contributed by atoms with Gasteiger partial charge >= 0.3 is 0 Å². The molecule has 0 aromatic heterocycles. The van der Waals surface area contributed by atoms with E-state index in [0.717, 1.165) is 13.1 Å². The minimum atomic E-state index is -0.0540. The molecule has 0 atom stereocenters. The molecule has 132 valence electrons. The molecule has 0 fully saturated rings. The minimum absolute atomic E-state index is 0.0540. The summed E-state index contributed by atoms with van der Waals surface area (Å²) in [6.45, 7) is 1.69. The van der Waals surface area contributed by atoms with Gasteiger partial charge in [0.2, 0.25) is 0 Å². The number of nitrogens with one attached hydrogen (secondary N) is 1. The summed E-state index contributed by atoms with van der Waals surface area (Å²) in [5, 5.41) is 2.65. The van der Waals surface area contributed by atoms with Gasteiger partial charge in [0.15, 0.2) is 0 Å². The Morgan fingerprint density at radius 3 is 2.19 bits per heavy atom. The Hall–Kier alpha value is -2.91. The normalized spacial score (nSPS) is 10.7. The molecular formula is C23H24N2O. The SMILES string of the molecule is CNC(=O)c1ccc(CN(C)Cc2ccccc2-c2ccccc2)cc1. The van der Waals surface area contributed by atoms with E-state index >= 15 is 0 Å². The average molecular weight is 344 g/mol. The van der Waals surface area contributed by atoms with E-state index in [-0.39, 0.29) is 5.91 Å². The Morgan fingerprint density at radius 1 is 0.846 bits per heavy atom. The molecule has 0 spiro atoms. The van der Waals surface area contributed by atoms with Crippen molar-refractivity contribution in [3.63, 3.8) is 0 Å². The molecule has 0 aliphatic heterocycles. The third-order valence-corrected chi connectivity index (χ3v) is 4.44. The van der Waals surface area contributed by atoms with E-state index in [2.05, 4.69) is 65.8 Å². The zero-order valence-electron chi connectivity index (χ0n) is 15.3. The average Bonchev–Trinajstić information content (AvgIpc) is 2.69. The maximum Gasteiger partial charge on any atom is 0.251 e. The molecule has 0 radical (unpaired) electrons. The van der Waals surface area contributed by atoms with E-state index < -0.39 is 0 Å². The van der Waals surface area contributed by atoms with Crippen molar-refractivity contribution < 1.29 is 4.79 Å². The predicted molar refractivity (Wildman–Crippen MR) is 107 cm³/mol. The van der Waals surface area contributed by atoms with Gasteiger partial charge < -0.3 is 5.32 Å². The molecule has 3 heteroatoms. The molecule has 0 heterocycles. The molecule has 3 aromatic rings. The lowest BCUT2D eigenvalue weighted by Crippen LogP contribution is -2.19. The van der Waals surface area contributed by atoms with Gasteiger partial charge in [-0.25, -0.2) is 0 Å². The molecule has 26 heavy (non-hydrogen) atoms. The Balaban J connectivity index is 1.71. The van der Waals surface area contributed by atoms with Crippen molar-refractivity contribution in [1.29, 1.82) is 0 Å². The lowest BCUT2D eigenvalue weighted by molar-refractivity contribution is 0.0963. The van der Waals surface area contributed by atoms with E-state index in [1.807, 2.05) is 30.3 Å². The van der Waals surface area contributed by atoms with Crippen LogP contribution in [0.1, 0.15) is 21.5 Å². The maximum absolute atomic E-state index is 11.6. The summed E-state index contributed by atoms with van der Waals surface area (Å²) in [6, 6.07) is 26.8. The van der Waals surface area contributed by atoms with Crippen LogP contribution in [0.4, 0.5) is 0 Å². The molecule has 0 saturated heterocycles. The molecule has 1 N–H and O–H groups in total. The Kier molecular flexibility index (Phi) is 5.82. The fourth-order valence-corrected chi connectivity index (χ4v) is 3.12. The number of hydrogen-bond donors (Lipinski definition) is 1. The summed E-state index contributed by atoms with van der Waals surface area (Å²) < 4.78 is 0. The van der Waals surface area contributed by atoms with Gasteiger partial charge in [0.25, 0.3) is 5.91 Å². The molecule has 3 aromatic carbocycles. The molecule has 0 bridgehead atoms. The van der Waals surface area contributed by atoms with Crippen molar-refractivity contribution in [2.24, 2.45) is 0 Å².